The van der Waals surface area contributed by atoms with Crippen LogP contribution in [-0.2, 0) is 14.3 Å². The molecule has 0 radical (unpaired) electrons. The van der Waals surface area contributed by atoms with Crippen LogP contribution in [0.3, 0.4) is 0 Å². The lowest BCUT2D eigenvalue weighted by atomic mass is 10.0. The van der Waals surface area contributed by atoms with Crippen LogP contribution in [0, 0.1) is 11.8 Å². The number of halogens is 5. The molecule has 0 heterocycles. The van der Waals surface area contributed by atoms with Crippen molar-refractivity contribution in [2.24, 2.45) is 11.8 Å². The number of hydrogen-bond acceptors (Lipinski definition) is 3. The molecule has 0 aromatic heterocycles. The van der Waals surface area contributed by atoms with Crippen molar-refractivity contribution in [1.82, 2.24) is 4.90 Å². The molecule has 0 aliphatic rings. The minimum Gasteiger partial charge on any atom is -0.467 e. The highest BCUT2D eigenvalue weighted by Gasteiger charge is 2.35. The summed E-state index contributed by atoms with van der Waals surface area (Å²) in [5, 5.41) is 0. The Morgan fingerprint density at radius 1 is 1.18 bits per heavy atom. The smallest absolute Gasteiger partial charge is 0.328 e. The van der Waals surface area contributed by atoms with Crippen molar-refractivity contribution in [1.29, 1.82) is 0 Å². The zero-order valence-electron chi connectivity index (χ0n) is 12.8. The second-order valence-electron chi connectivity index (χ2n) is 5.24. The van der Waals surface area contributed by atoms with Gasteiger partial charge in [-0.15, -0.1) is 23.2 Å². The van der Waals surface area contributed by atoms with E-state index in [4.69, 9.17) is 62.7 Å². The van der Waals surface area contributed by atoms with Crippen molar-refractivity contribution >= 4 is 69.9 Å². The molecule has 0 aliphatic carbocycles. The minimum absolute atomic E-state index is 0.0138. The quantitative estimate of drug-likeness (QED) is 0.462. The van der Waals surface area contributed by atoms with Gasteiger partial charge in [0.25, 0.3) is 0 Å². The van der Waals surface area contributed by atoms with E-state index in [2.05, 4.69) is 0 Å². The molecule has 0 rings (SSSR count). The van der Waals surface area contributed by atoms with Gasteiger partial charge >= 0.3 is 5.97 Å². The molecule has 3 unspecified atom stereocenters. The van der Waals surface area contributed by atoms with Crippen LogP contribution in [-0.4, -0.2) is 45.6 Å². The van der Waals surface area contributed by atoms with Crippen molar-refractivity contribution in [3.63, 3.8) is 0 Å². The predicted molar refractivity (Wildman–Crippen MR) is 91.9 cm³/mol. The first-order valence-electron chi connectivity index (χ1n) is 6.60. The third-order valence-corrected chi connectivity index (χ3v) is 5.38. The molecule has 130 valence electrons. The molecule has 0 N–H and O–H groups in total. The Balaban J connectivity index is 4.99. The van der Waals surface area contributed by atoms with Crippen LogP contribution < -0.4 is 0 Å². The maximum Gasteiger partial charge on any atom is 0.328 e. The highest BCUT2D eigenvalue weighted by molar-refractivity contribution is 6.67. The van der Waals surface area contributed by atoms with Gasteiger partial charge in [0.15, 0.2) is 3.79 Å². The van der Waals surface area contributed by atoms with E-state index in [0.29, 0.717) is 0 Å². The first kappa shape index (κ1) is 22.4. The summed E-state index contributed by atoms with van der Waals surface area (Å²) in [5.74, 6) is -1.58. The third kappa shape index (κ3) is 7.31. The van der Waals surface area contributed by atoms with Gasteiger partial charge in [-0.1, -0.05) is 48.7 Å². The van der Waals surface area contributed by atoms with E-state index < -0.39 is 26.6 Å². The SMILES string of the molecule is COC(=O)C(CC(C)C(Cl)Cl)N(C)C(=O)CC(C)C(Cl)(Cl)Cl. The number of carbonyl (C=O) groups excluding carboxylic acids is 2. The summed E-state index contributed by atoms with van der Waals surface area (Å²) in [7, 11) is 2.75. The lowest BCUT2D eigenvalue weighted by molar-refractivity contribution is -0.152. The van der Waals surface area contributed by atoms with E-state index >= 15 is 0 Å². The number of methoxy groups -OCH3 is 1. The molecule has 0 saturated carbocycles. The number of alkyl halides is 5. The van der Waals surface area contributed by atoms with Crippen molar-refractivity contribution < 1.29 is 14.3 Å². The number of esters is 1. The van der Waals surface area contributed by atoms with E-state index in [9.17, 15) is 9.59 Å². The topological polar surface area (TPSA) is 46.6 Å². The van der Waals surface area contributed by atoms with Crippen LogP contribution in [0.1, 0.15) is 26.7 Å². The summed E-state index contributed by atoms with van der Waals surface area (Å²) in [6, 6.07) is -0.796. The monoisotopic (exact) mass is 413 g/mol. The first-order chi connectivity index (χ1) is 9.91. The zero-order valence-corrected chi connectivity index (χ0v) is 16.6. The Labute approximate surface area is 156 Å². The van der Waals surface area contributed by atoms with Gasteiger partial charge in [-0.05, 0) is 12.3 Å². The fourth-order valence-corrected chi connectivity index (χ4v) is 2.14. The molecular formula is C13H20Cl5NO3. The van der Waals surface area contributed by atoms with Crippen molar-refractivity contribution in [2.45, 2.75) is 41.4 Å². The number of nitrogens with zero attached hydrogens (tertiary/aromatic N) is 1. The van der Waals surface area contributed by atoms with Gasteiger partial charge in [-0.2, -0.15) is 0 Å². The first-order valence-corrected chi connectivity index (χ1v) is 8.60. The summed E-state index contributed by atoms with van der Waals surface area (Å²) in [6.45, 7) is 3.42. The number of likely N-dealkylation sites (N-methyl/N-ethyl adjacent to an activating group) is 1. The highest BCUT2D eigenvalue weighted by atomic mass is 35.6. The summed E-state index contributed by atoms with van der Waals surface area (Å²) < 4.78 is 3.19. The van der Waals surface area contributed by atoms with Crippen LogP contribution in [0.15, 0.2) is 0 Å². The summed E-state index contributed by atoms with van der Waals surface area (Å²) in [6.07, 6.45) is 0.259. The molecule has 9 heteroatoms. The van der Waals surface area contributed by atoms with Crippen molar-refractivity contribution in [3.05, 3.63) is 0 Å². The molecule has 1 amide bonds. The molecule has 0 aromatic carbocycles. The van der Waals surface area contributed by atoms with E-state index in [1.54, 1.807) is 13.8 Å². The van der Waals surface area contributed by atoms with Gasteiger partial charge < -0.3 is 9.64 Å². The number of rotatable bonds is 7. The maximum absolute atomic E-state index is 12.3. The standard InChI is InChI=1S/C13H20Cl5NO3/c1-7(11(14)15)5-9(12(21)22-4)19(3)10(20)6-8(2)13(16,17)18/h7-9,11H,5-6H2,1-4H3. The normalized spacial score (nSPS) is 16.1. The van der Waals surface area contributed by atoms with Gasteiger partial charge in [0.05, 0.1) is 7.11 Å². The van der Waals surface area contributed by atoms with E-state index in [1.165, 1.54) is 19.1 Å². The Morgan fingerprint density at radius 2 is 1.68 bits per heavy atom. The van der Waals surface area contributed by atoms with Crippen LogP contribution in [0.4, 0.5) is 0 Å². The Morgan fingerprint density at radius 3 is 2.05 bits per heavy atom. The molecule has 0 bridgehead atoms. The van der Waals surface area contributed by atoms with Gasteiger partial charge in [-0.25, -0.2) is 4.79 Å². The molecule has 0 aromatic rings. The molecule has 3 atom stereocenters. The Kier molecular flexibility index (Phi) is 9.80. The van der Waals surface area contributed by atoms with Crippen LogP contribution in [0.25, 0.3) is 0 Å². The number of amides is 1. The summed E-state index contributed by atoms with van der Waals surface area (Å²) in [4.78, 5) is 24.8. The van der Waals surface area contributed by atoms with E-state index in [-0.39, 0.29) is 24.7 Å². The molecule has 0 saturated heterocycles. The molecular weight excluding hydrogens is 395 g/mol. The number of hydrogen-bond donors (Lipinski definition) is 0. The lowest BCUT2D eigenvalue weighted by Crippen LogP contribution is -2.45. The third-order valence-electron chi connectivity index (χ3n) is 3.40. The molecule has 0 aliphatic heterocycles. The minimum atomic E-state index is -1.55. The maximum atomic E-state index is 12.3. The van der Waals surface area contributed by atoms with Gasteiger partial charge in [0, 0.05) is 19.4 Å². The molecule has 0 spiro atoms. The lowest BCUT2D eigenvalue weighted by Gasteiger charge is -2.30. The predicted octanol–water partition coefficient (Wildman–Crippen LogP) is 4.21. The number of ether oxygens (including phenoxy) is 1. The molecule has 22 heavy (non-hydrogen) atoms. The second kappa shape index (κ2) is 9.63. The average Bonchev–Trinajstić information content (AvgIpc) is 2.41. The average molecular weight is 416 g/mol. The molecule has 0 fully saturated rings. The van der Waals surface area contributed by atoms with Crippen molar-refractivity contribution in [2.75, 3.05) is 14.2 Å². The van der Waals surface area contributed by atoms with Gasteiger partial charge in [-0.3, -0.25) is 4.79 Å². The summed E-state index contributed by atoms with van der Waals surface area (Å²) >= 11 is 28.9. The summed E-state index contributed by atoms with van der Waals surface area (Å²) in [5.41, 5.74) is 0. The number of carbonyl (C=O) groups is 2. The Bertz CT molecular complexity index is 386. The zero-order chi connectivity index (χ0) is 17.7. The van der Waals surface area contributed by atoms with Crippen LogP contribution in [0.5, 0.6) is 0 Å². The van der Waals surface area contributed by atoms with Crippen molar-refractivity contribution in [3.8, 4) is 0 Å². The van der Waals surface area contributed by atoms with Gasteiger partial charge in [0.1, 0.15) is 10.9 Å². The second-order valence-corrected chi connectivity index (χ2v) is 8.77. The Hall–Kier alpha value is 0.390. The fraction of sp³-hybridized carbons (Fsp3) is 0.846. The van der Waals surface area contributed by atoms with E-state index in [1.807, 2.05) is 0 Å². The fourth-order valence-electron chi connectivity index (χ4n) is 1.70. The van der Waals surface area contributed by atoms with Crippen LogP contribution >= 0.6 is 58.0 Å². The van der Waals surface area contributed by atoms with Crippen LogP contribution in [0.2, 0.25) is 0 Å². The highest BCUT2D eigenvalue weighted by Crippen LogP contribution is 2.37. The largest absolute Gasteiger partial charge is 0.467 e. The van der Waals surface area contributed by atoms with Gasteiger partial charge in [0.2, 0.25) is 5.91 Å². The van der Waals surface area contributed by atoms with E-state index in [0.717, 1.165) is 0 Å². The molecule has 4 nitrogen and oxygen atoms in total.